The molecule has 0 heterocycles. The molecule has 0 saturated carbocycles. The molecule has 0 rings (SSSR count). The lowest BCUT2D eigenvalue weighted by Gasteiger charge is -1.95. The average molecular weight is 133 g/mol. The molecule has 0 aliphatic rings. The van der Waals surface area contributed by atoms with Gasteiger partial charge >= 0.3 is 0 Å². The van der Waals surface area contributed by atoms with Crippen molar-refractivity contribution in [3.63, 3.8) is 0 Å². The van der Waals surface area contributed by atoms with Crippen molar-refractivity contribution >= 4 is 17.8 Å². The molecule has 3 heteroatoms. The minimum atomic E-state index is 0.528. The van der Waals surface area contributed by atoms with Crippen molar-refractivity contribution in [3.05, 3.63) is 10.7 Å². The van der Waals surface area contributed by atoms with Gasteiger partial charge in [-0.05, 0) is 6.92 Å². The van der Waals surface area contributed by atoms with Crippen LogP contribution in [0.2, 0.25) is 0 Å². The average Bonchev–Trinajstić information content (AvgIpc) is 1.84. The molecule has 0 unspecified atom stereocenters. The predicted octanol–water partition coefficient (Wildman–Crippen LogP) is 1.33. The molecule has 2 N–H and O–H groups in total. The van der Waals surface area contributed by atoms with Gasteiger partial charge in [0.05, 0.1) is 0 Å². The fourth-order valence-corrected chi connectivity index (χ4v) is 0.315. The van der Waals surface area contributed by atoms with Gasteiger partial charge < -0.3 is 10.7 Å². The zero-order valence-electron chi connectivity index (χ0n) is 4.96. The van der Waals surface area contributed by atoms with Gasteiger partial charge in [0.25, 0.3) is 0 Å². The van der Waals surface area contributed by atoms with E-state index in [0.29, 0.717) is 5.16 Å². The first-order valence-corrected chi connectivity index (χ1v) is 2.64. The summed E-state index contributed by atoms with van der Waals surface area (Å²) in [7, 11) is 1.72. The molecule has 0 saturated heterocycles. The van der Waals surface area contributed by atoms with Crippen LogP contribution in [0, 0.1) is 5.41 Å². The van der Waals surface area contributed by atoms with Crippen molar-refractivity contribution in [3.8, 4) is 0 Å². The fourth-order valence-electron chi connectivity index (χ4n) is 0.261. The molecule has 0 aromatic heterocycles. The lowest BCUT2D eigenvalue weighted by molar-refractivity contribution is 1.06. The molecule has 46 valence electrons. The molecule has 0 fully saturated rings. The van der Waals surface area contributed by atoms with Crippen molar-refractivity contribution in [2.75, 3.05) is 7.05 Å². The summed E-state index contributed by atoms with van der Waals surface area (Å²) in [5.41, 5.74) is 0.745. The summed E-state index contributed by atoms with van der Waals surface area (Å²) in [6.45, 7) is 1.77. The van der Waals surface area contributed by atoms with E-state index in [-0.39, 0.29) is 0 Å². The Balaban J connectivity index is 4.03. The van der Waals surface area contributed by atoms with Crippen molar-refractivity contribution in [1.82, 2.24) is 5.32 Å². The van der Waals surface area contributed by atoms with E-state index in [1.54, 1.807) is 14.0 Å². The first-order valence-electron chi connectivity index (χ1n) is 2.27. The summed E-state index contributed by atoms with van der Waals surface area (Å²) in [5.74, 6) is 0. The zero-order valence-corrected chi connectivity index (χ0v) is 5.71. The number of rotatable bonds is 2. The van der Waals surface area contributed by atoms with Crippen LogP contribution >= 0.6 is 11.6 Å². The number of hydrogen-bond acceptors (Lipinski definition) is 2. The molecule has 0 aliphatic heterocycles. The lowest BCUT2D eigenvalue weighted by atomic mass is 10.4. The van der Waals surface area contributed by atoms with Crippen molar-refractivity contribution in [2.45, 2.75) is 6.92 Å². The maximum atomic E-state index is 6.74. The maximum absolute atomic E-state index is 6.74. The van der Waals surface area contributed by atoms with Gasteiger partial charge in [-0.3, -0.25) is 0 Å². The van der Waals surface area contributed by atoms with E-state index < -0.39 is 0 Å². The molecule has 0 spiro atoms. The molecule has 0 aromatic rings. The highest BCUT2D eigenvalue weighted by atomic mass is 35.5. The van der Waals surface area contributed by atoms with E-state index in [4.69, 9.17) is 17.0 Å². The monoisotopic (exact) mass is 132 g/mol. The maximum Gasteiger partial charge on any atom is 0.106 e. The third-order valence-electron chi connectivity index (χ3n) is 0.782. The Morgan fingerprint density at radius 2 is 2.25 bits per heavy atom. The van der Waals surface area contributed by atoms with Gasteiger partial charge in [0, 0.05) is 18.8 Å². The SMILES string of the molecule is CN/C(Cl)=C(/C)C=N. The van der Waals surface area contributed by atoms with Crippen LogP contribution < -0.4 is 5.32 Å². The van der Waals surface area contributed by atoms with E-state index in [1.165, 1.54) is 6.21 Å². The second kappa shape index (κ2) is 3.50. The van der Waals surface area contributed by atoms with Gasteiger partial charge in [-0.2, -0.15) is 0 Å². The third kappa shape index (κ3) is 1.98. The first-order chi connectivity index (χ1) is 3.72. The van der Waals surface area contributed by atoms with Crippen LogP contribution in [0.5, 0.6) is 0 Å². The first kappa shape index (κ1) is 7.50. The van der Waals surface area contributed by atoms with E-state index in [1.807, 2.05) is 0 Å². The van der Waals surface area contributed by atoms with Crippen LogP contribution in [0.3, 0.4) is 0 Å². The van der Waals surface area contributed by atoms with Gasteiger partial charge in [-0.15, -0.1) is 0 Å². The number of hydrogen-bond donors (Lipinski definition) is 2. The Bertz CT molecular complexity index is 118. The van der Waals surface area contributed by atoms with Gasteiger partial charge in [-0.1, -0.05) is 11.6 Å². The van der Waals surface area contributed by atoms with Crippen LogP contribution in [-0.2, 0) is 0 Å². The number of allylic oxidation sites excluding steroid dienone is 1. The molecular weight excluding hydrogens is 124 g/mol. The van der Waals surface area contributed by atoms with Crippen LogP contribution in [0.15, 0.2) is 10.7 Å². The normalized spacial score (nSPS) is 12.4. The summed E-state index contributed by atoms with van der Waals surface area (Å²) >= 11 is 5.53. The van der Waals surface area contributed by atoms with Gasteiger partial charge in [0.15, 0.2) is 0 Å². The fraction of sp³-hybridized carbons (Fsp3) is 0.400. The standard InChI is InChI=1S/C5H9ClN2/c1-4(3-7)5(6)8-2/h3,7-8H,1-2H3/b5-4-,7-3?. The van der Waals surface area contributed by atoms with Crippen LogP contribution in [0.25, 0.3) is 0 Å². The minimum Gasteiger partial charge on any atom is -0.379 e. The van der Waals surface area contributed by atoms with Gasteiger partial charge in [-0.25, -0.2) is 0 Å². The number of halogens is 1. The Kier molecular flexibility index (Phi) is 3.28. The van der Waals surface area contributed by atoms with Crippen LogP contribution in [0.4, 0.5) is 0 Å². The van der Waals surface area contributed by atoms with Crippen LogP contribution in [0.1, 0.15) is 6.92 Å². The topological polar surface area (TPSA) is 35.9 Å². The van der Waals surface area contributed by atoms with Crippen molar-refractivity contribution in [1.29, 1.82) is 5.41 Å². The molecule has 2 nitrogen and oxygen atoms in total. The highest BCUT2D eigenvalue weighted by Gasteiger charge is 1.88. The van der Waals surface area contributed by atoms with E-state index >= 15 is 0 Å². The third-order valence-corrected chi connectivity index (χ3v) is 1.27. The highest BCUT2D eigenvalue weighted by Crippen LogP contribution is 2.00. The van der Waals surface area contributed by atoms with Crippen LogP contribution in [-0.4, -0.2) is 13.3 Å². The minimum absolute atomic E-state index is 0.528. The molecule has 0 radical (unpaired) electrons. The molecule has 8 heavy (non-hydrogen) atoms. The second-order valence-electron chi connectivity index (χ2n) is 1.39. The summed E-state index contributed by atoms with van der Waals surface area (Å²) < 4.78 is 0. The molecule has 0 amide bonds. The Morgan fingerprint density at radius 1 is 1.75 bits per heavy atom. The summed E-state index contributed by atoms with van der Waals surface area (Å²) in [5, 5.41) is 9.97. The second-order valence-corrected chi connectivity index (χ2v) is 1.77. The van der Waals surface area contributed by atoms with E-state index in [2.05, 4.69) is 5.32 Å². The zero-order chi connectivity index (χ0) is 6.57. The molecule has 0 bridgehead atoms. The largest absolute Gasteiger partial charge is 0.379 e. The van der Waals surface area contributed by atoms with Crippen molar-refractivity contribution < 1.29 is 0 Å². The Labute approximate surface area is 54.0 Å². The number of nitrogens with one attached hydrogen (secondary N) is 2. The molecule has 0 atom stereocenters. The summed E-state index contributed by atoms with van der Waals surface area (Å²) in [6.07, 6.45) is 1.21. The van der Waals surface area contributed by atoms with E-state index in [0.717, 1.165) is 5.57 Å². The highest BCUT2D eigenvalue weighted by molar-refractivity contribution is 6.30. The quantitative estimate of drug-likeness (QED) is 0.432. The molecule has 0 aromatic carbocycles. The lowest BCUT2D eigenvalue weighted by Crippen LogP contribution is -2.02. The smallest absolute Gasteiger partial charge is 0.106 e. The molecule has 0 aliphatic carbocycles. The Morgan fingerprint density at radius 3 is 2.38 bits per heavy atom. The predicted molar refractivity (Wildman–Crippen MR) is 36.4 cm³/mol. The molecular formula is C5H9ClN2. The van der Waals surface area contributed by atoms with Gasteiger partial charge in [0.2, 0.25) is 0 Å². The summed E-state index contributed by atoms with van der Waals surface area (Å²) in [6, 6.07) is 0. The van der Waals surface area contributed by atoms with Gasteiger partial charge in [0.1, 0.15) is 5.16 Å². The summed E-state index contributed by atoms with van der Waals surface area (Å²) in [4.78, 5) is 0. The van der Waals surface area contributed by atoms with Crippen molar-refractivity contribution in [2.24, 2.45) is 0 Å². The van der Waals surface area contributed by atoms with E-state index in [9.17, 15) is 0 Å². The Hall–Kier alpha value is -0.500.